The molecule has 1 aromatic heterocycles. The number of rotatable bonds is 3. The van der Waals surface area contributed by atoms with Crippen molar-refractivity contribution in [2.75, 3.05) is 6.61 Å². The molecule has 2 atom stereocenters. The van der Waals surface area contributed by atoms with Gasteiger partial charge in [-0.1, -0.05) is 19.3 Å². The highest BCUT2D eigenvalue weighted by molar-refractivity contribution is 5.23. The molecular weight excluding hydrogens is 262 g/mol. The molecule has 0 radical (unpaired) electrons. The van der Waals surface area contributed by atoms with Crippen molar-refractivity contribution in [3.8, 4) is 0 Å². The Balaban J connectivity index is 1.63. The van der Waals surface area contributed by atoms with Crippen molar-refractivity contribution >= 4 is 0 Å². The van der Waals surface area contributed by atoms with E-state index in [1.807, 2.05) is 6.92 Å². The molecule has 0 aromatic carbocycles. The zero-order valence-electron chi connectivity index (χ0n) is 13.7. The number of aryl methyl sites for hydroxylation is 2. The monoisotopic (exact) mass is 291 g/mol. The Labute approximate surface area is 128 Å². The molecule has 1 saturated carbocycles. The normalized spacial score (nSPS) is 26.9. The van der Waals surface area contributed by atoms with Crippen molar-refractivity contribution in [2.45, 2.75) is 83.4 Å². The van der Waals surface area contributed by atoms with Crippen molar-refractivity contribution in [3.63, 3.8) is 0 Å². The predicted molar refractivity (Wildman–Crippen MR) is 84.5 cm³/mol. The maximum atomic E-state index is 6.19. The van der Waals surface area contributed by atoms with Crippen LogP contribution in [-0.4, -0.2) is 18.2 Å². The van der Waals surface area contributed by atoms with Gasteiger partial charge < -0.3 is 14.5 Å². The van der Waals surface area contributed by atoms with Crippen LogP contribution in [-0.2, 0) is 4.74 Å². The largest absolute Gasteiger partial charge is 0.466 e. The van der Waals surface area contributed by atoms with Gasteiger partial charge in [0, 0.05) is 24.3 Å². The van der Waals surface area contributed by atoms with Crippen LogP contribution < -0.4 is 5.32 Å². The molecule has 1 aliphatic heterocycles. The fourth-order valence-electron chi connectivity index (χ4n) is 4.24. The zero-order chi connectivity index (χ0) is 14.9. The van der Waals surface area contributed by atoms with E-state index >= 15 is 0 Å². The lowest BCUT2D eigenvalue weighted by molar-refractivity contribution is -0.110. The van der Waals surface area contributed by atoms with E-state index in [0.29, 0.717) is 12.1 Å². The first-order valence-corrected chi connectivity index (χ1v) is 8.55. The minimum atomic E-state index is 0.176. The van der Waals surface area contributed by atoms with E-state index in [2.05, 4.69) is 25.2 Å². The lowest BCUT2D eigenvalue weighted by Gasteiger charge is -2.44. The van der Waals surface area contributed by atoms with E-state index in [0.717, 1.165) is 24.5 Å². The van der Waals surface area contributed by atoms with Crippen LogP contribution in [0.4, 0.5) is 0 Å². The second-order valence-corrected chi connectivity index (χ2v) is 7.04. The minimum absolute atomic E-state index is 0.176. The first kappa shape index (κ1) is 15.1. The highest BCUT2D eigenvalue weighted by Crippen LogP contribution is 2.39. The average Bonchev–Trinajstić information content (AvgIpc) is 2.79. The molecule has 3 heteroatoms. The second kappa shape index (κ2) is 6.13. The Morgan fingerprint density at radius 1 is 1.24 bits per heavy atom. The second-order valence-electron chi connectivity index (χ2n) is 7.04. The number of hydrogen-bond donors (Lipinski definition) is 1. The van der Waals surface area contributed by atoms with Crippen LogP contribution >= 0.6 is 0 Å². The van der Waals surface area contributed by atoms with Crippen molar-refractivity contribution in [1.82, 2.24) is 5.32 Å². The molecule has 118 valence electrons. The summed E-state index contributed by atoms with van der Waals surface area (Å²) in [4.78, 5) is 0. The highest BCUT2D eigenvalue weighted by atomic mass is 16.5. The van der Waals surface area contributed by atoms with Gasteiger partial charge in [0.2, 0.25) is 0 Å². The molecule has 1 spiro atoms. The Morgan fingerprint density at radius 2 is 2.00 bits per heavy atom. The number of ether oxygens (including phenoxy) is 1. The SMILES string of the molecule is Cc1cc(C(C)NC2CCOC3(CCCCC3)C2)c(C)o1. The molecule has 1 N–H and O–H groups in total. The molecule has 3 nitrogen and oxygen atoms in total. The molecule has 2 fully saturated rings. The highest BCUT2D eigenvalue weighted by Gasteiger charge is 2.38. The lowest BCUT2D eigenvalue weighted by atomic mass is 9.78. The first-order valence-electron chi connectivity index (χ1n) is 8.55. The van der Waals surface area contributed by atoms with Crippen LogP contribution in [0.1, 0.15) is 75.0 Å². The molecule has 1 aromatic rings. The van der Waals surface area contributed by atoms with Gasteiger partial charge in [-0.2, -0.15) is 0 Å². The number of furan rings is 1. The van der Waals surface area contributed by atoms with Gasteiger partial charge in [0.15, 0.2) is 0 Å². The summed E-state index contributed by atoms with van der Waals surface area (Å²) in [5.41, 5.74) is 1.48. The molecular formula is C18H29NO2. The standard InChI is InChI=1S/C18H29NO2/c1-13-11-17(15(3)21-13)14(2)19-16-7-10-20-18(12-16)8-5-4-6-9-18/h11,14,16,19H,4-10,12H2,1-3H3. The molecule has 1 saturated heterocycles. The summed E-state index contributed by atoms with van der Waals surface area (Å²) in [7, 11) is 0. The van der Waals surface area contributed by atoms with Crippen LogP contribution in [0.15, 0.2) is 10.5 Å². The van der Waals surface area contributed by atoms with Crippen molar-refractivity contribution in [2.24, 2.45) is 0 Å². The molecule has 2 unspecified atom stereocenters. The van der Waals surface area contributed by atoms with Gasteiger partial charge in [-0.15, -0.1) is 0 Å². The van der Waals surface area contributed by atoms with Gasteiger partial charge in [-0.25, -0.2) is 0 Å². The van der Waals surface area contributed by atoms with Crippen molar-refractivity contribution < 1.29 is 9.15 Å². The fraction of sp³-hybridized carbons (Fsp3) is 0.778. The number of hydrogen-bond acceptors (Lipinski definition) is 3. The smallest absolute Gasteiger partial charge is 0.105 e. The number of nitrogens with one attached hydrogen (secondary N) is 1. The zero-order valence-corrected chi connectivity index (χ0v) is 13.7. The molecule has 0 bridgehead atoms. The fourth-order valence-corrected chi connectivity index (χ4v) is 4.24. The van der Waals surface area contributed by atoms with Gasteiger partial charge in [-0.3, -0.25) is 0 Å². The van der Waals surface area contributed by atoms with Crippen LogP contribution in [0.2, 0.25) is 0 Å². The molecule has 0 amide bonds. The van der Waals surface area contributed by atoms with Crippen molar-refractivity contribution in [1.29, 1.82) is 0 Å². The minimum Gasteiger partial charge on any atom is -0.466 e. The van der Waals surface area contributed by atoms with Crippen LogP contribution in [0.25, 0.3) is 0 Å². The van der Waals surface area contributed by atoms with Gasteiger partial charge in [0.05, 0.1) is 5.60 Å². The van der Waals surface area contributed by atoms with Gasteiger partial charge >= 0.3 is 0 Å². The van der Waals surface area contributed by atoms with Gasteiger partial charge in [-0.05, 0) is 52.5 Å². The Hall–Kier alpha value is -0.800. The van der Waals surface area contributed by atoms with Gasteiger partial charge in [0.25, 0.3) is 0 Å². The summed E-state index contributed by atoms with van der Waals surface area (Å²) < 4.78 is 11.9. The molecule has 21 heavy (non-hydrogen) atoms. The quantitative estimate of drug-likeness (QED) is 0.894. The average molecular weight is 291 g/mol. The van der Waals surface area contributed by atoms with E-state index in [4.69, 9.17) is 9.15 Å². The van der Waals surface area contributed by atoms with Crippen LogP contribution in [0, 0.1) is 13.8 Å². The summed E-state index contributed by atoms with van der Waals surface area (Å²) >= 11 is 0. The third-order valence-electron chi connectivity index (χ3n) is 5.29. The first-order chi connectivity index (χ1) is 10.1. The Bertz CT molecular complexity index is 468. The summed E-state index contributed by atoms with van der Waals surface area (Å²) in [5.74, 6) is 2.05. The third kappa shape index (κ3) is 3.35. The molecule has 3 rings (SSSR count). The van der Waals surface area contributed by atoms with Crippen LogP contribution in [0.3, 0.4) is 0 Å². The van der Waals surface area contributed by atoms with E-state index < -0.39 is 0 Å². The van der Waals surface area contributed by atoms with E-state index in [-0.39, 0.29) is 5.60 Å². The van der Waals surface area contributed by atoms with Gasteiger partial charge in [0.1, 0.15) is 11.5 Å². The topological polar surface area (TPSA) is 34.4 Å². The summed E-state index contributed by atoms with van der Waals surface area (Å²) in [6, 6.07) is 3.09. The van der Waals surface area contributed by atoms with Crippen LogP contribution in [0.5, 0.6) is 0 Å². The predicted octanol–water partition coefficient (Wildman–Crippen LogP) is 4.43. The molecule has 1 aliphatic carbocycles. The van der Waals surface area contributed by atoms with E-state index in [1.54, 1.807) is 0 Å². The summed E-state index contributed by atoms with van der Waals surface area (Å²) in [6.07, 6.45) is 8.86. The lowest BCUT2D eigenvalue weighted by Crippen LogP contribution is -2.48. The molecule has 2 aliphatic rings. The van der Waals surface area contributed by atoms with Crippen molar-refractivity contribution in [3.05, 3.63) is 23.2 Å². The maximum absolute atomic E-state index is 6.19. The Kier molecular flexibility index (Phi) is 4.41. The van der Waals surface area contributed by atoms with E-state index in [1.165, 1.54) is 44.1 Å². The van der Waals surface area contributed by atoms with E-state index in [9.17, 15) is 0 Å². The third-order valence-corrected chi connectivity index (χ3v) is 5.29. The maximum Gasteiger partial charge on any atom is 0.105 e. The summed E-state index contributed by atoms with van der Waals surface area (Å²) in [6.45, 7) is 7.25. The Morgan fingerprint density at radius 3 is 2.67 bits per heavy atom. The molecule has 2 heterocycles. The summed E-state index contributed by atoms with van der Waals surface area (Å²) in [5, 5.41) is 3.82.